The molecule has 0 unspecified atom stereocenters. The van der Waals surface area contributed by atoms with Crippen molar-refractivity contribution >= 4 is 27.5 Å². The van der Waals surface area contributed by atoms with Gasteiger partial charge in [0.2, 0.25) is 15.9 Å². The standard InChI is InChI=1S/C23H26FN3O4S/c1-2-13-25-23(29)20-5-3-4-6-21(20)26-22(28)18-11-14-27(15-12-18)32(30,31)16-17-7-9-19(24)10-8-17/h2-10,18H,1,11-16H2,(H,25,29)(H,26,28). The minimum Gasteiger partial charge on any atom is -0.349 e. The first-order chi connectivity index (χ1) is 15.3. The van der Waals surface area contributed by atoms with E-state index in [1.807, 2.05) is 0 Å². The van der Waals surface area contributed by atoms with E-state index >= 15 is 0 Å². The van der Waals surface area contributed by atoms with E-state index in [-0.39, 0.29) is 36.6 Å². The topological polar surface area (TPSA) is 95.6 Å². The molecule has 2 aromatic rings. The maximum atomic E-state index is 13.0. The molecule has 2 N–H and O–H groups in total. The number of benzene rings is 2. The van der Waals surface area contributed by atoms with Gasteiger partial charge in [-0.2, -0.15) is 0 Å². The van der Waals surface area contributed by atoms with Gasteiger partial charge < -0.3 is 10.6 Å². The summed E-state index contributed by atoms with van der Waals surface area (Å²) < 4.78 is 39.8. The summed E-state index contributed by atoms with van der Waals surface area (Å²) in [5.41, 5.74) is 1.27. The first kappa shape index (κ1) is 23.6. The molecule has 0 aliphatic carbocycles. The number of hydrogen-bond acceptors (Lipinski definition) is 4. The van der Waals surface area contributed by atoms with Gasteiger partial charge >= 0.3 is 0 Å². The van der Waals surface area contributed by atoms with Crippen molar-refractivity contribution in [2.24, 2.45) is 5.92 Å². The van der Waals surface area contributed by atoms with E-state index in [1.54, 1.807) is 30.3 Å². The first-order valence-corrected chi connectivity index (χ1v) is 11.9. The molecule has 1 aliphatic heterocycles. The second-order valence-electron chi connectivity index (χ2n) is 7.59. The number of anilines is 1. The van der Waals surface area contributed by atoms with Crippen LogP contribution in [-0.2, 0) is 20.6 Å². The largest absolute Gasteiger partial charge is 0.349 e. The molecule has 0 bridgehead atoms. The average molecular weight is 460 g/mol. The Morgan fingerprint density at radius 2 is 1.75 bits per heavy atom. The minimum absolute atomic E-state index is 0.211. The van der Waals surface area contributed by atoms with Crippen LogP contribution in [0, 0.1) is 11.7 Å². The van der Waals surface area contributed by atoms with Gasteiger partial charge in [-0.1, -0.05) is 30.3 Å². The Morgan fingerprint density at radius 1 is 1.09 bits per heavy atom. The molecule has 170 valence electrons. The van der Waals surface area contributed by atoms with E-state index < -0.39 is 15.8 Å². The number of carbonyl (C=O) groups excluding carboxylic acids is 2. The van der Waals surface area contributed by atoms with E-state index in [2.05, 4.69) is 17.2 Å². The fourth-order valence-electron chi connectivity index (χ4n) is 3.56. The quantitative estimate of drug-likeness (QED) is 0.594. The fourth-order valence-corrected chi connectivity index (χ4v) is 5.13. The molecule has 1 saturated heterocycles. The molecule has 0 atom stereocenters. The SMILES string of the molecule is C=CCNC(=O)c1ccccc1NC(=O)C1CCN(S(=O)(=O)Cc2ccc(F)cc2)CC1. The van der Waals surface area contributed by atoms with E-state index in [0.717, 1.165) is 0 Å². The molecule has 0 radical (unpaired) electrons. The third kappa shape index (κ3) is 6.02. The number of nitrogens with zero attached hydrogens (tertiary/aromatic N) is 1. The summed E-state index contributed by atoms with van der Waals surface area (Å²) >= 11 is 0. The van der Waals surface area contributed by atoms with Crippen LogP contribution >= 0.6 is 0 Å². The maximum absolute atomic E-state index is 13.0. The van der Waals surface area contributed by atoms with Crippen LogP contribution in [0.25, 0.3) is 0 Å². The monoisotopic (exact) mass is 459 g/mol. The molecule has 1 aliphatic rings. The number of rotatable bonds is 8. The summed E-state index contributed by atoms with van der Waals surface area (Å²) in [5, 5.41) is 5.49. The van der Waals surface area contributed by atoms with Crippen LogP contribution in [0.3, 0.4) is 0 Å². The van der Waals surface area contributed by atoms with Crippen LogP contribution in [0.2, 0.25) is 0 Å². The number of nitrogens with one attached hydrogen (secondary N) is 2. The van der Waals surface area contributed by atoms with E-state index in [4.69, 9.17) is 0 Å². The number of amides is 2. The van der Waals surface area contributed by atoms with Crippen LogP contribution in [0.4, 0.5) is 10.1 Å². The highest BCUT2D eigenvalue weighted by Gasteiger charge is 2.31. The summed E-state index contributed by atoms with van der Waals surface area (Å²) in [4.78, 5) is 25.1. The summed E-state index contributed by atoms with van der Waals surface area (Å²) in [6.45, 7) is 4.32. The molecule has 7 nitrogen and oxygen atoms in total. The lowest BCUT2D eigenvalue weighted by Crippen LogP contribution is -2.42. The second-order valence-corrected chi connectivity index (χ2v) is 9.56. The van der Waals surface area contributed by atoms with E-state index in [9.17, 15) is 22.4 Å². The lowest BCUT2D eigenvalue weighted by atomic mass is 9.97. The molecule has 1 heterocycles. The van der Waals surface area contributed by atoms with Gasteiger partial charge in [0.1, 0.15) is 5.82 Å². The summed E-state index contributed by atoms with van der Waals surface area (Å²) in [6.07, 6.45) is 2.32. The maximum Gasteiger partial charge on any atom is 0.253 e. The highest BCUT2D eigenvalue weighted by molar-refractivity contribution is 7.88. The third-order valence-corrected chi connectivity index (χ3v) is 7.17. The van der Waals surface area contributed by atoms with Crippen LogP contribution in [0.1, 0.15) is 28.8 Å². The van der Waals surface area contributed by atoms with Gasteiger partial charge in [0.25, 0.3) is 5.91 Å². The van der Waals surface area contributed by atoms with Gasteiger partial charge in [-0.15, -0.1) is 6.58 Å². The summed E-state index contributed by atoms with van der Waals surface area (Å²) in [7, 11) is -3.57. The zero-order valence-electron chi connectivity index (χ0n) is 17.6. The van der Waals surface area contributed by atoms with Crippen molar-refractivity contribution in [1.82, 2.24) is 9.62 Å². The number of sulfonamides is 1. The Morgan fingerprint density at radius 3 is 2.41 bits per heavy atom. The predicted molar refractivity (Wildman–Crippen MR) is 121 cm³/mol. The highest BCUT2D eigenvalue weighted by Crippen LogP contribution is 2.24. The van der Waals surface area contributed by atoms with Crippen LogP contribution in [0.15, 0.2) is 61.2 Å². The number of carbonyl (C=O) groups is 2. The Labute approximate surface area is 187 Å². The Kier molecular flexibility index (Phi) is 7.76. The molecule has 0 aromatic heterocycles. The zero-order chi connectivity index (χ0) is 23.1. The molecule has 2 aromatic carbocycles. The second kappa shape index (κ2) is 10.5. The molecule has 0 saturated carbocycles. The smallest absolute Gasteiger partial charge is 0.253 e. The number of hydrogen-bond donors (Lipinski definition) is 2. The molecule has 0 spiro atoms. The van der Waals surface area contributed by atoms with Crippen molar-refractivity contribution in [2.45, 2.75) is 18.6 Å². The van der Waals surface area contributed by atoms with Crippen molar-refractivity contribution in [3.8, 4) is 0 Å². The molecular weight excluding hydrogens is 433 g/mol. The van der Waals surface area contributed by atoms with Gasteiger partial charge in [-0.3, -0.25) is 9.59 Å². The molecule has 9 heteroatoms. The Bertz CT molecular complexity index is 1080. The number of piperidine rings is 1. The molecule has 1 fully saturated rings. The Hall–Kier alpha value is -3.04. The number of para-hydroxylation sites is 1. The van der Waals surface area contributed by atoms with Crippen molar-refractivity contribution in [1.29, 1.82) is 0 Å². The normalized spacial score (nSPS) is 15.2. The lowest BCUT2D eigenvalue weighted by Gasteiger charge is -2.30. The van der Waals surface area contributed by atoms with E-state index in [1.165, 1.54) is 28.6 Å². The fraction of sp³-hybridized carbons (Fsp3) is 0.304. The van der Waals surface area contributed by atoms with Crippen LogP contribution in [0.5, 0.6) is 0 Å². The summed E-state index contributed by atoms with van der Waals surface area (Å²) in [5.74, 6) is -1.56. The van der Waals surface area contributed by atoms with Gasteiger partial charge in [0, 0.05) is 25.6 Å². The lowest BCUT2D eigenvalue weighted by molar-refractivity contribution is -0.120. The average Bonchev–Trinajstić information content (AvgIpc) is 2.79. The highest BCUT2D eigenvalue weighted by atomic mass is 32.2. The van der Waals surface area contributed by atoms with Gasteiger partial charge in [-0.05, 0) is 42.7 Å². The molecule has 2 amide bonds. The summed E-state index contributed by atoms with van der Waals surface area (Å²) in [6, 6.07) is 12.1. The van der Waals surface area contributed by atoms with Crippen LogP contribution in [-0.4, -0.2) is 44.2 Å². The van der Waals surface area contributed by atoms with Crippen molar-refractivity contribution in [3.05, 3.63) is 78.1 Å². The third-order valence-electron chi connectivity index (χ3n) is 5.32. The first-order valence-electron chi connectivity index (χ1n) is 10.3. The predicted octanol–water partition coefficient (Wildman–Crippen LogP) is 2.92. The zero-order valence-corrected chi connectivity index (χ0v) is 18.4. The van der Waals surface area contributed by atoms with Gasteiger partial charge in [-0.25, -0.2) is 17.1 Å². The van der Waals surface area contributed by atoms with Crippen molar-refractivity contribution < 1.29 is 22.4 Å². The molecule has 3 rings (SSSR count). The number of halogens is 1. The van der Waals surface area contributed by atoms with Crippen molar-refractivity contribution in [2.75, 3.05) is 25.0 Å². The van der Waals surface area contributed by atoms with Gasteiger partial charge in [0.05, 0.1) is 17.0 Å². The molecule has 32 heavy (non-hydrogen) atoms. The van der Waals surface area contributed by atoms with Crippen LogP contribution < -0.4 is 10.6 Å². The molecular formula is C23H26FN3O4S. The van der Waals surface area contributed by atoms with Gasteiger partial charge in [0.15, 0.2) is 0 Å². The Balaban J connectivity index is 1.58. The van der Waals surface area contributed by atoms with Crippen molar-refractivity contribution in [3.63, 3.8) is 0 Å². The minimum atomic E-state index is -3.57. The van der Waals surface area contributed by atoms with E-state index in [0.29, 0.717) is 36.2 Å².